The Kier molecular flexibility index (Phi) is 2.22. The Morgan fingerprint density at radius 1 is 1.38 bits per heavy atom. The lowest BCUT2D eigenvalue weighted by Crippen LogP contribution is -2.00. The molecule has 1 nitrogen and oxygen atoms in total. The predicted octanol–water partition coefficient (Wildman–Crippen LogP) is 3.33. The van der Waals surface area contributed by atoms with Crippen LogP contribution in [0, 0.1) is 6.92 Å². The number of hydrogen-bond donors (Lipinski definition) is 0. The van der Waals surface area contributed by atoms with Crippen molar-refractivity contribution in [2.24, 2.45) is 0 Å². The number of rotatable bonds is 0. The zero-order valence-electron chi connectivity index (χ0n) is 7.00. The van der Waals surface area contributed by atoms with Gasteiger partial charge in [-0.1, -0.05) is 11.6 Å². The predicted molar refractivity (Wildman–Crippen MR) is 60.5 cm³/mol. The second-order valence-electron chi connectivity index (χ2n) is 2.91. The van der Waals surface area contributed by atoms with Crippen LogP contribution in [0.25, 0.3) is 10.1 Å². The van der Waals surface area contributed by atoms with Gasteiger partial charge in [-0.2, -0.15) is 0 Å². The maximum Gasteiger partial charge on any atom is 0.202 e. The van der Waals surface area contributed by atoms with Crippen LogP contribution in [-0.2, 0) is 0 Å². The van der Waals surface area contributed by atoms with E-state index in [4.69, 9.17) is 0 Å². The maximum atomic E-state index is 11.6. The lowest BCUT2D eigenvalue weighted by Gasteiger charge is -1.97. The van der Waals surface area contributed by atoms with Crippen molar-refractivity contribution in [1.29, 1.82) is 0 Å². The summed E-state index contributed by atoms with van der Waals surface area (Å²) in [6.07, 6.45) is 0. The van der Waals surface area contributed by atoms with Gasteiger partial charge in [-0.3, -0.25) is 4.79 Å². The van der Waals surface area contributed by atoms with Crippen molar-refractivity contribution in [3.8, 4) is 0 Å². The molecule has 2 aromatic rings. The molecule has 3 heteroatoms. The van der Waals surface area contributed by atoms with E-state index in [0.29, 0.717) is 4.47 Å². The summed E-state index contributed by atoms with van der Waals surface area (Å²) in [5, 5.41) is 2.64. The van der Waals surface area contributed by atoms with Gasteiger partial charge < -0.3 is 0 Å². The van der Waals surface area contributed by atoms with Crippen LogP contribution in [0.1, 0.15) is 5.56 Å². The van der Waals surface area contributed by atoms with Gasteiger partial charge in [0.15, 0.2) is 0 Å². The molecule has 66 valence electrons. The Morgan fingerprint density at radius 3 is 2.92 bits per heavy atom. The Morgan fingerprint density at radius 2 is 2.15 bits per heavy atom. The highest BCUT2D eigenvalue weighted by atomic mass is 79.9. The minimum Gasteiger partial charge on any atom is -0.288 e. The highest BCUT2D eigenvalue weighted by Crippen LogP contribution is 2.20. The molecule has 0 aliphatic carbocycles. The summed E-state index contributed by atoms with van der Waals surface area (Å²) in [4.78, 5) is 11.6. The van der Waals surface area contributed by atoms with Gasteiger partial charge in [-0.25, -0.2) is 0 Å². The smallest absolute Gasteiger partial charge is 0.202 e. The van der Waals surface area contributed by atoms with E-state index in [-0.39, 0.29) is 5.43 Å². The number of aryl methyl sites for hydroxylation is 1. The van der Waals surface area contributed by atoms with Crippen LogP contribution in [0.2, 0.25) is 0 Å². The third-order valence-corrected chi connectivity index (χ3v) is 3.74. The molecule has 0 unspecified atom stereocenters. The summed E-state index contributed by atoms with van der Waals surface area (Å²) in [7, 11) is 0. The Balaban J connectivity index is 2.97. The highest BCUT2D eigenvalue weighted by Gasteiger charge is 2.02. The van der Waals surface area contributed by atoms with Crippen molar-refractivity contribution in [3.05, 3.63) is 43.8 Å². The molecule has 0 aliphatic rings. The van der Waals surface area contributed by atoms with Gasteiger partial charge in [0.2, 0.25) is 5.43 Å². The summed E-state index contributed by atoms with van der Waals surface area (Å²) >= 11 is 4.82. The summed E-state index contributed by atoms with van der Waals surface area (Å²) in [6, 6.07) is 5.94. The van der Waals surface area contributed by atoms with E-state index in [1.807, 2.05) is 30.5 Å². The highest BCUT2D eigenvalue weighted by molar-refractivity contribution is 9.10. The monoisotopic (exact) mass is 254 g/mol. The van der Waals surface area contributed by atoms with E-state index in [1.54, 1.807) is 11.3 Å². The molecule has 1 aromatic heterocycles. The molecule has 1 heterocycles. The van der Waals surface area contributed by atoms with E-state index in [0.717, 1.165) is 15.6 Å². The molecule has 0 atom stereocenters. The Bertz CT molecular complexity index is 511. The van der Waals surface area contributed by atoms with Crippen molar-refractivity contribution in [3.63, 3.8) is 0 Å². The van der Waals surface area contributed by atoms with Gasteiger partial charge in [0.05, 0.1) is 4.47 Å². The number of benzene rings is 1. The topological polar surface area (TPSA) is 17.1 Å². The molecule has 0 aliphatic heterocycles. The normalized spacial score (nSPS) is 10.6. The minimum atomic E-state index is 0.0810. The van der Waals surface area contributed by atoms with Crippen molar-refractivity contribution in [2.75, 3.05) is 0 Å². The average molecular weight is 255 g/mol. The van der Waals surface area contributed by atoms with Gasteiger partial charge in [-0.15, -0.1) is 11.3 Å². The number of hydrogen-bond acceptors (Lipinski definition) is 2. The second kappa shape index (κ2) is 3.24. The Labute approximate surface area is 88.2 Å². The molecular formula is C10H7BrOS. The minimum absolute atomic E-state index is 0.0810. The van der Waals surface area contributed by atoms with E-state index in [9.17, 15) is 4.79 Å². The molecule has 2 rings (SSSR count). The van der Waals surface area contributed by atoms with Crippen LogP contribution in [0.5, 0.6) is 0 Å². The molecule has 1 aromatic carbocycles. The van der Waals surface area contributed by atoms with Crippen molar-refractivity contribution in [1.82, 2.24) is 0 Å². The van der Waals surface area contributed by atoms with E-state index in [2.05, 4.69) is 15.9 Å². The van der Waals surface area contributed by atoms with Gasteiger partial charge in [0.1, 0.15) is 0 Å². The lowest BCUT2D eigenvalue weighted by molar-refractivity contribution is 1.50. The molecule has 0 N–H and O–H groups in total. The third kappa shape index (κ3) is 1.54. The van der Waals surface area contributed by atoms with Gasteiger partial charge >= 0.3 is 0 Å². The first-order valence-corrected chi connectivity index (χ1v) is 5.53. The first-order chi connectivity index (χ1) is 6.18. The first kappa shape index (κ1) is 8.91. The zero-order valence-corrected chi connectivity index (χ0v) is 9.41. The van der Waals surface area contributed by atoms with Crippen LogP contribution >= 0.6 is 27.3 Å². The fraction of sp³-hybridized carbons (Fsp3) is 0.100. The Hall–Kier alpha value is -0.670. The van der Waals surface area contributed by atoms with E-state index in [1.165, 1.54) is 0 Å². The third-order valence-electron chi connectivity index (χ3n) is 1.89. The van der Waals surface area contributed by atoms with Crippen molar-refractivity contribution in [2.45, 2.75) is 6.92 Å². The molecule has 13 heavy (non-hydrogen) atoms. The summed E-state index contributed by atoms with van der Waals surface area (Å²) in [5.41, 5.74) is 1.20. The molecule has 0 fully saturated rings. The first-order valence-electron chi connectivity index (χ1n) is 3.86. The molecule has 0 saturated carbocycles. The van der Waals surface area contributed by atoms with Crippen molar-refractivity contribution >= 4 is 37.4 Å². The number of fused-ring (bicyclic) bond motifs is 1. The van der Waals surface area contributed by atoms with Crippen LogP contribution in [-0.4, -0.2) is 0 Å². The SMILES string of the molecule is Cc1ccc2scc(Br)c(=O)c2c1. The zero-order chi connectivity index (χ0) is 9.42. The summed E-state index contributed by atoms with van der Waals surface area (Å²) in [6.45, 7) is 1.99. The fourth-order valence-electron chi connectivity index (χ4n) is 1.22. The molecule has 0 spiro atoms. The molecule has 0 saturated heterocycles. The maximum absolute atomic E-state index is 11.6. The standard InChI is InChI=1S/C10H7BrOS/c1-6-2-3-9-7(4-6)10(12)8(11)5-13-9/h2-5H,1H3. The molecule has 0 radical (unpaired) electrons. The second-order valence-corrected chi connectivity index (χ2v) is 4.68. The molecular weight excluding hydrogens is 248 g/mol. The molecule has 0 bridgehead atoms. The van der Waals surface area contributed by atoms with Crippen molar-refractivity contribution < 1.29 is 0 Å². The fourth-order valence-corrected chi connectivity index (χ4v) is 2.48. The van der Waals surface area contributed by atoms with Gasteiger partial charge in [-0.05, 0) is 35.0 Å². The number of halogens is 1. The van der Waals surface area contributed by atoms with E-state index >= 15 is 0 Å². The summed E-state index contributed by atoms with van der Waals surface area (Å²) < 4.78 is 1.69. The average Bonchev–Trinajstić information content (AvgIpc) is 2.12. The van der Waals surface area contributed by atoms with Crippen LogP contribution in [0.15, 0.2) is 32.8 Å². The lowest BCUT2D eigenvalue weighted by atomic mass is 10.2. The van der Waals surface area contributed by atoms with Crippen LogP contribution in [0.4, 0.5) is 0 Å². The van der Waals surface area contributed by atoms with Crippen LogP contribution in [0.3, 0.4) is 0 Å². The summed E-state index contributed by atoms with van der Waals surface area (Å²) in [5.74, 6) is 0. The quantitative estimate of drug-likeness (QED) is 0.705. The van der Waals surface area contributed by atoms with E-state index < -0.39 is 0 Å². The molecule has 0 amide bonds. The van der Waals surface area contributed by atoms with Crippen LogP contribution < -0.4 is 5.43 Å². The van der Waals surface area contributed by atoms with Gasteiger partial charge in [0.25, 0.3) is 0 Å². The largest absolute Gasteiger partial charge is 0.288 e. The van der Waals surface area contributed by atoms with Gasteiger partial charge in [0, 0.05) is 15.5 Å².